The van der Waals surface area contributed by atoms with Crippen molar-refractivity contribution in [2.24, 2.45) is 0 Å². The van der Waals surface area contributed by atoms with Gasteiger partial charge in [-0.15, -0.1) is 0 Å². The Labute approximate surface area is 136 Å². The molecule has 0 radical (unpaired) electrons. The maximum atomic E-state index is 12.3. The molecule has 2 amide bonds. The highest BCUT2D eigenvalue weighted by Gasteiger charge is 2.25. The van der Waals surface area contributed by atoms with Crippen molar-refractivity contribution in [3.05, 3.63) is 23.9 Å². The van der Waals surface area contributed by atoms with Gasteiger partial charge in [0, 0.05) is 33.2 Å². The summed E-state index contributed by atoms with van der Waals surface area (Å²) in [5.74, 6) is 0.568. The van der Waals surface area contributed by atoms with Crippen LogP contribution in [0.5, 0.6) is 0 Å². The van der Waals surface area contributed by atoms with Crippen LogP contribution in [-0.4, -0.2) is 61.7 Å². The average molecular weight is 320 g/mol. The van der Waals surface area contributed by atoms with E-state index in [0.29, 0.717) is 25.4 Å². The molecule has 1 aromatic heterocycles. The summed E-state index contributed by atoms with van der Waals surface area (Å²) in [5.41, 5.74) is 0.407. The number of nitrogens with zero attached hydrogens (tertiary/aromatic N) is 3. The SMILES string of the molecule is CCOC(=O)N1CCC(NC(=O)c2cccc(N(C)C)n2)CC1. The number of hydrogen-bond acceptors (Lipinski definition) is 5. The molecule has 0 bridgehead atoms. The van der Waals surface area contributed by atoms with Gasteiger partial charge >= 0.3 is 6.09 Å². The lowest BCUT2D eigenvalue weighted by Crippen LogP contribution is -2.46. The van der Waals surface area contributed by atoms with Gasteiger partial charge in [0.25, 0.3) is 5.91 Å². The smallest absolute Gasteiger partial charge is 0.409 e. The molecule has 1 fully saturated rings. The summed E-state index contributed by atoms with van der Waals surface area (Å²) < 4.78 is 4.99. The molecule has 7 heteroatoms. The van der Waals surface area contributed by atoms with Crippen LogP contribution in [0.25, 0.3) is 0 Å². The van der Waals surface area contributed by atoms with E-state index in [2.05, 4.69) is 10.3 Å². The molecule has 1 aliphatic heterocycles. The first-order valence-electron chi connectivity index (χ1n) is 7.88. The first-order chi connectivity index (χ1) is 11.0. The molecule has 0 saturated carbocycles. The molecule has 0 unspecified atom stereocenters. The average Bonchev–Trinajstić information content (AvgIpc) is 2.55. The van der Waals surface area contributed by atoms with E-state index in [1.807, 2.05) is 31.1 Å². The van der Waals surface area contributed by atoms with Crippen molar-refractivity contribution >= 4 is 17.8 Å². The normalized spacial score (nSPS) is 15.2. The van der Waals surface area contributed by atoms with E-state index in [4.69, 9.17) is 4.74 Å². The molecule has 23 heavy (non-hydrogen) atoms. The van der Waals surface area contributed by atoms with Gasteiger partial charge in [-0.25, -0.2) is 9.78 Å². The maximum absolute atomic E-state index is 12.3. The zero-order valence-corrected chi connectivity index (χ0v) is 13.9. The van der Waals surface area contributed by atoms with E-state index in [0.717, 1.165) is 18.7 Å². The number of carbonyl (C=O) groups is 2. The Morgan fingerprint density at radius 1 is 1.35 bits per heavy atom. The number of anilines is 1. The van der Waals surface area contributed by atoms with Crippen LogP contribution in [-0.2, 0) is 4.74 Å². The van der Waals surface area contributed by atoms with E-state index in [9.17, 15) is 9.59 Å². The number of rotatable bonds is 4. The molecule has 1 N–H and O–H groups in total. The minimum Gasteiger partial charge on any atom is -0.450 e. The molecular formula is C16H24N4O3. The summed E-state index contributed by atoms with van der Waals surface area (Å²) >= 11 is 0. The Balaban J connectivity index is 1.87. The van der Waals surface area contributed by atoms with Crippen molar-refractivity contribution in [3.8, 4) is 0 Å². The Bertz CT molecular complexity index is 554. The number of piperidine rings is 1. The lowest BCUT2D eigenvalue weighted by Gasteiger charge is -2.31. The van der Waals surface area contributed by atoms with Crippen LogP contribution in [0.1, 0.15) is 30.3 Å². The number of nitrogens with one attached hydrogen (secondary N) is 1. The van der Waals surface area contributed by atoms with E-state index in [-0.39, 0.29) is 18.0 Å². The number of carbonyl (C=O) groups excluding carboxylic acids is 2. The van der Waals surface area contributed by atoms with Crippen LogP contribution < -0.4 is 10.2 Å². The number of hydrogen-bond donors (Lipinski definition) is 1. The summed E-state index contributed by atoms with van der Waals surface area (Å²) in [5, 5.41) is 2.99. The van der Waals surface area contributed by atoms with Gasteiger partial charge in [-0.2, -0.15) is 0 Å². The van der Waals surface area contributed by atoms with Crippen molar-refractivity contribution in [2.45, 2.75) is 25.8 Å². The van der Waals surface area contributed by atoms with E-state index in [1.54, 1.807) is 17.9 Å². The Hall–Kier alpha value is -2.31. The minimum atomic E-state index is -0.280. The molecule has 2 rings (SSSR count). The number of amides is 2. The Kier molecular flexibility index (Phi) is 5.78. The zero-order chi connectivity index (χ0) is 16.8. The number of aromatic nitrogens is 1. The van der Waals surface area contributed by atoms with Crippen molar-refractivity contribution in [1.82, 2.24) is 15.2 Å². The first kappa shape index (κ1) is 17.1. The molecule has 1 saturated heterocycles. The van der Waals surface area contributed by atoms with Gasteiger partial charge in [0.1, 0.15) is 11.5 Å². The van der Waals surface area contributed by atoms with Gasteiger partial charge in [-0.3, -0.25) is 4.79 Å². The fraction of sp³-hybridized carbons (Fsp3) is 0.562. The van der Waals surface area contributed by atoms with Gasteiger partial charge in [-0.05, 0) is 31.9 Å². The standard InChI is InChI=1S/C16H24N4O3/c1-4-23-16(22)20-10-8-12(9-11-20)17-15(21)13-6-5-7-14(18-13)19(2)3/h5-7,12H,4,8-11H2,1-3H3,(H,17,21). The van der Waals surface area contributed by atoms with Gasteiger partial charge in [-0.1, -0.05) is 6.07 Å². The van der Waals surface area contributed by atoms with Crippen LogP contribution in [0.3, 0.4) is 0 Å². The number of likely N-dealkylation sites (tertiary alicyclic amines) is 1. The molecule has 0 spiro atoms. The minimum absolute atomic E-state index is 0.0537. The molecule has 0 atom stereocenters. The molecule has 1 aromatic rings. The van der Waals surface area contributed by atoms with Crippen molar-refractivity contribution in [3.63, 3.8) is 0 Å². The van der Waals surface area contributed by atoms with E-state index in [1.165, 1.54) is 0 Å². The molecule has 2 heterocycles. The number of ether oxygens (including phenoxy) is 1. The van der Waals surface area contributed by atoms with Gasteiger partial charge in [0.15, 0.2) is 0 Å². The summed E-state index contributed by atoms with van der Waals surface area (Å²) in [6.07, 6.45) is 1.16. The molecular weight excluding hydrogens is 296 g/mol. The zero-order valence-electron chi connectivity index (χ0n) is 13.9. The fourth-order valence-corrected chi connectivity index (χ4v) is 2.48. The van der Waals surface area contributed by atoms with Crippen LogP contribution in [0.15, 0.2) is 18.2 Å². The third kappa shape index (κ3) is 4.58. The monoisotopic (exact) mass is 320 g/mol. The summed E-state index contributed by atoms with van der Waals surface area (Å²) in [6.45, 7) is 3.35. The summed E-state index contributed by atoms with van der Waals surface area (Å²) in [4.78, 5) is 31.8. The second-order valence-electron chi connectivity index (χ2n) is 5.71. The summed E-state index contributed by atoms with van der Waals surface area (Å²) in [6, 6.07) is 5.43. The largest absolute Gasteiger partial charge is 0.450 e. The highest BCUT2D eigenvalue weighted by Crippen LogP contribution is 2.13. The van der Waals surface area contributed by atoms with E-state index >= 15 is 0 Å². The fourth-order valence-electron chi connectivity index (χ4n) is 2.48. The number of pyridine rings is 1. The Morgan fingerprint density at radius 3 is 2.65 bits per heavy atom. The predicted octanol–water partition coefficient (Wildman–Crippen LogP) is 1.50. The summed E-state index contributed by atoms with van der Waals surface area (Å²) in [7, 11) is 3.77. The molecule has 1 aliphatic rings. The Morgan fingerprint density at radius 2 is 2.04 bits per heavy atom. The maximum Gasteiger partial charge on any atom is 0.409 e. The second kappa shape index (κ2) is 7.80. The van der Waals surface area contributed by atoms with Crippen LogP contribution in [0.4, 0.5) is 10.6 Å². The van der Waals surface area contributed by atoms with Crippen LogP contribution in [0.2, 0.25) is 0 Å². The lowest BCUT2D eigenvalue weighted by atomic mass is 10.1. The third-order valence-electron chi connectivity index (χ3n) is 3.78. The van der Waals surface area contributed by atoms with Crippen molar-refractivity contribution < 1.29 is 14.3 Å². The predicted molar refractivity (Wildman–Crippen MR) is 87.6 cm³/mol. The molecule has 7 nitrogen and oxygen atoms in total. The molecule has 126 valence electrons. The lowest BCUT2D eigenvalue weighted by molar-refractivity contribution is 0.0856. The molecule has 0 aliphatic carbocycles. The quantitative estimate of drug-likeness (QED) is 0.910. The van der Waals surface area contributed by atoms with Gasteiger partial charge in [0.05, 0.1) is 6.61 Å². The highest BCUT2D eigenvalue weighted by atomic mass is 16.6. The first-order valence-corrected chi connectivity index (χ1v) is 7.88. The van der Waals surface area contributed by atoms with Crippen molar-refractivity contribution in [2.75, 3.05) is 38.7 Å². The third-order valence-corrected chi connectivity index (χ3v) is 3.78. The molecule has 0 aromatic carbocycles. The topological polar surface area (TPSA) is 74.8 Å². The van der Waals surface area contributed by atoms with Gasteiger partial charge < -0.3 is 19.9 Å². The van der Waals surface area contributed by atoms with Crippen molar-refractivity contribution in [1.29, 1.82) is 0 Å². The highest BCUT2D eigenvalue weighted by molar-refractivity contribution is 5.92. The van der Waals surface area contributed by atoms with Crippen LogP contribution in [0, 0.1) is 0 Å². The van der Waals surface area contributed by atoms with E-state index < -0.39 is 0 Å². The second-order valence-corrected chi connectivity index (χ2v) is 5.71. The van der Waals surface area contributed by atoms with Gasteiger partial charge in [0.2, 0.25) is 0 Å². The van der Waals surface area contributed by atoms with Crippen LogP contribution >= 0.6 is 0 Å².